The maximum atomic E-state index is 13.0. The molecule has 1 atom stereocenters. The Hall–Kier alpha value is -3.59. The Bertz CT molecular complexity index is 1080. The van der Waals surface area contributed by atoms with Crippen LogP contribution in [0.3, 0.4) is 0 Å². The van der Waals surface area contributed by atoms with Gasteiger partial charge in [-0.2, -0.15) is 18.4 Å². The summed E-state index contributed by atoms with van der Waals surface area (Å²) >= 11 is 0. The van der Waals surface area contributed by atoms with Crippen LogP contribution in [0.4, 0.5) is 13.2 Å². The van der Waals surface area contributed by atoms with Crippen LogP contribution in [0.25, 0.3) is 11.1 Å². The topological polar surface area (TPSA) is 52.9 Å². The van der Waals surface area contributed by atoms with Gasteiger partial charge < -0.3 is 5.32 Å². The Morgan fingerprint density at radius 3 is 2.31 bits per heavy atom. The van der Waals surface area contributed by atoms with Gasteiger partial charge in [0.2, 0.25) is 0 Å². The van der Waals surface area contributed by atoms with Gasteiger partial charge in [-0.1, -0.05) is 48.5 Å². The first kappa shape index (κ1) is 20.2. The molecule has 29 heavy (non-hydrogen) atoms. The molecule has 146 valence electrons. The fraction of sp³-hybridized carbons (Fsp3) is 0.130. The summed E-state index contributed by atoms with van der Waals surface area (Å²) in [6.45, 7) is 1.62. The van der Waals surface area contributed by atoms with Crippen molar-refractivity contribution in [3.05, 3.63) is 95.1 Å². The number of alkyl halides is 3. The van der Waals surface area contributed by atoms with E-state index in [0.29, 0.717) is 27.8 Å². The summed E-state index contributed by atoms with van der Waals surface area (Å²) < 4.78 is 38.9. The molecule has 0 saturated heterocycles. The number of nitrogens with zero attached hydrogens (tertiary/aromatic N) is 1. The van der Waals surface area contributed by atoms with Crippen LogP contribution in [0.1, 0.15) is 40.0 Å². The van der Waals surface area contributed by atoms with Crippen molar-refractivity contribution in [2.75, 3.05) is 0 Å². The van der Waals surface area contributed by atoms with Crippen LogP contribution >= 0.6 is 0 Å². The highest BCUT2D eigenvalue weighted by Gasteiger charge is 2.30. The molecule has 0 aliphatic heterocycles. The Balaban J connectivity index is 1.90. The lowest BCUT2D eigenvalue weighted by Crippen LogP contribution is -2.27. The number of rotatable bonds is 4. The first-order valence-electron chi connectivity index (χ1n) is 8.88. The zero-order valence-electron chi connectivity index (χ0n) is 15.5. The van der Waals surface area contributed by atoms with Crippen molar-refractivity contribution < 1.29 is 18.0 Å². The molecule has 3 rings (SSSR count). The van der Waals surface area contributed by atoms with Gasteiger partial charge in [-0.15, -0.1) is 0 Å². The zero-order valence-corrected chi connectivity index (χ0v) is 15.5. The smallest absolute Gasteiger partial charge is 0.345 e. The first-order chi connectivity index (χ1) is 13.8. The highest BCUT2D eigenvalue weighted by molar-refractivity contribution is 6.01. The summed E-state index contributed by atoms with van der Waals surface area (Å²) in [7, 11) is 0. The van der Waals surface area contributed by atoms with Gasteiger partial charge >= 0.3 is 6.18 Å². The summed E-state index contributed by atoms with van der Waals surface area (Å²) in [5, 5.41) is 12.1. The molecule has 0 saturated carbocycles. The molecule has 1 N–H and O–H groups in total. The Labute approximate surface area is 166 Å². The lowest BCUT2D eigenvalue weighted by Gasteiger charge is -2.18. The van der Waals surface area contributed by atoms with E-state index in [-0.39, 0.29) is 0 Å². The minimum absolute atomic E-state index is 0.342. The number of amides is 1. The number of hydrogen-bond donors (Lipinski definition) is 1. The largest absolute Gasteiger partial charge is 0.416 e. The number of benzene rings is 3. The SMILES string of the molecule is C[C@H](NC(=O)c1ccccc1-c1ccccc1C#N)c1cccc(C(F)(F)F)c1. The molecule has 0 fully saturated rings. The van der Waals surface area contributed by atoms with Crippen molar-refractivity contribution in [3.8, 4) is 17.2 Å². The molecule has 6 heteroatoms. The molecular weight excluding hydrogens is 377 g/mol. The lowest BCUT2D eigenvalue weighted by molar-refractivity contribution is -0.137. The average molecular weight is 394 g/mol. The Morgan fingerprint density at radius 1 is 0.966 bits per heavy atom. The van der Waals surface area contributed by atoms with Gasteiger partial charge in [0.05, 0.1) is 23.2 Å². The normalized spacial score (nSPS) is 12.1. The lowest BCUT2D eigenvalue weighted by atomic mass is 9.95. The van der Waals surface area contributed by atoms with Crippen molar-refractivity contribution in [1.29, 1.82) is 5.26 Å². The highest BCUT2D eigenvalue weighted by Crippen LogP contribution is 2.31. The minimum Gasteiger partial charge on any atom is -0.345 e. The number of halogens is 3. The van der Waals surface area contributed by atoms with Gasteiger partial charge in [-0.3, -0.25) is 4.79 Å². The number of hydrogen-bond acceptors (Lipinski definition) is 2. The van der Waals surface area contributed by atoms with Crippen LogP contribution < -0.4 is 5.32 Å². The zero-order chi connectivity index (χ0) is 21.0. The second kappa shape index (κ2) is 8.19. The van der Waals surface area contributed by atoms with Crippen LogP contribution in [0.15, 0.2) is 72.8 Å². The van der Waals surface area contributed by atoms with E-state index in [0.717, 1.165) is 12.1 Å². The average Bonchev–Trinajstić information content (AvgIpc) is 2.73. The van der Waals surface area contributed by atoms with Gasteiger partial charge in [0.25, 0.3) is 5.91 Å². The number of carbonyl (C=O) groups is 1. The van der Waals surface area contributed by atoms with E-state index < -0.39 is 23.7 Å². The Morgan fingerprint density at radius 2 is 1.62 bits per heavy atom. The van der Waals surface area contributed by atoms with Crippen molar-refractivity contribution in [3.63, 3.8) is 0 Å². The van der Waals surface area contributed by atoms with E-state index in [9.17, 15) is 23.2 Å². The Kier molecular flexibility index (Phi) is 5.69. The molecule has 0 spiro atoms. The molecule has 0 radical (unpaired) electrons. The standard InChI is InChI=1S/C23H17F3N2O/c1-15(16-8-6-9-18(13-16)23(24,25)26)28-22(29)21-12-5-4-11-20(21)19-10-3-2-7-17(19)14-27/h2-13,15H,1H3,(H,28,29)/t15-/m0/s1. The number of nitriles is 1. The molecule has 0 bridgehead atoms. The van der Waals surface area contributed by atoms with E-state index in [1.54, 1.807) is 55.5 Å². The second-order valence-electron chi connectivity index (χ2n) is 6.52. The first-order valence-corrected chi connectivity index (χ1v) is 8.88. The van der Waals surface area contributed by atoms with E-state index in [1.807, 2.05) is 0 Å². The quantitative estimate of drug-likeness (QED) is 0.614. The maximum Gasteiger partial charge on any atom is 0.416 e. The summed E-state index contributed by atoms with van der Waals surface area (Å²) in [6.07, 6.45) is -4.45. The highest BCUT2D eigenvalue weighted by atomic mass is 19.4. The molecule has 3 aromatic rings. The molecule has 0 aromatic heterocycles. The van der Waals surface area contributed by atoms with Crippen molar-refractivity contribution >= 4 is 5.91 Å². The van der Waals surface area contributed by atoms with Crippen LogP contribution in [-0.4, -0.2) is 5.91 Å². The molecule has 0 heterocycles. The molecule has 0 aliphatic rings. The van der Waals surface area contributed by atoms with Crippen LogP contribution in [-0.2, 0) is 6.18 Å². The van der Waals surface area contributed by atoms with Crippen molar-refractivity contribution in [2.24, 2.45) is 0 Å². The summed E-state index contributed by atoms with van der Waals surface area (Å²) in [4.78, 5) is 12.9. The monoisotopic (exact) mass is 394 g/mol. The predicted octanol–water partition coefficient (Wildman–Crippen LogP) is 5.74. The van der Waals surface area contributed by atoms with Crippen LogP contribution in [0.5, 0.6) is 0 Å². The molecule has 0 aliphatic carbocycles. The number of carbonyl (C=O) groups excluding carboxylic acids is 1. The molecule has 3 aromatic carbocycles. The minimum atomic E-state index is -4.45. The van der Waals surface area contributed by atoms with Crippen molar-refractivity contribution in [1.82, 2.24) is 5.32 Å². The second-order valence-corrected chi connectivity index (χ2v) is 6.52. The van der Waals surface area contributed by atoms with Gasteiger partial charge in [-0.05, 0) is 42.3 Å². The molecule has 1 amide bonds. The fourth-order valence-corrected chi connectivity index (χ4v) is 3.07. The summed E-state index contributed by atoms with van der Waals surface area (Å²) in [5.74, 6) is -0.432. The van der Waals surface area contributed by atoms with Gasteiger partial charge in [0.15, 0.2) is 0 Å². The summed E-state index contributed by atoms with van der Waals surface area (Å²) in [6, 6.07) is 20.1. The van der Waals surface area contributed by atoms with E-state index in [1.165, 1.54) is 12.1 Å². The fourth-order valence-electron chi connectivity index (χ4n) is 3.07. The van der Waals surface area contributed by atoms with Crippen molar-refractivity contribution in [2.45, 2.75) is 19.1 Å². The van der Waals surface area contributed by atoms with Gasteiger partial charge in [-0.25, -0.2) is 0 Å². The van der Waals surface area contributed by atoms with E-state index >= 15 is 0 Å². The van der Waals surface area contributed by atoms with E-state index in [4.69, 9.17) is 0 Å². The molecule has 0 unspecified atom stereocenters. The third-order valence-electron chi connectivity index (χ3n) is 4.57. The van der Waals surface area contributed by atoms with Gasteiger partial charge in [0.1, 0.15) is 0 Å². The molecule has 3 nitrogen and oxygen atoms in total. The van der Waals surface area contributed by atoms with E-state index in [2.05, 4.69) is 11.4 Å². The predicted molar refractivity (Wildman–Crippen MR) is 104 cm³/mol. The van der Waals surface area contributed by atoms with Crippen LogP contribution in [0.2, 0.25) is 0 Å². The third-order valence-corrected chi connectivity index (χ3v) is 4.57. The van der Waals surface area contributed by atoms with Gasteiger partial charge in [0, 0.05) is 11.1 Å². The van der Waals surface area contributed by atoms with Crippen LogP contribution in [0, 0.1) is 11.3 Å². The maximum absolute atomic E-state index is 13.0. The summed E-state index contributed by atoms with van der Waals surface area (Å²) in [5.41, 5.74) is 1.56. The number of nitrogens with one attached hydrogen (secondary N) is 1. The third kappa shape index (κ3) is 4.46. The molecular formula is C23H17F3N2O.